The van der Waals surface area contributed by atoms with Gasteiger partial charge in [0.25, 0.3) is 0 Å². The van der Waals surface area contributed by atoms with Crippen LogP contribution in [-0.2, 0) is 6.42 Å². The third-order valence-corrected chi connectivity index (χ3v) is 5.86. The number of hydrogen-bond acceptors (Lipinski definition) is 2. The van der Waals surface area contributed by atoms with Crippen molar-refractivity contribution in [3.05, 3.63) is 54.6 Å². The molecular weight excluding hydrogens is 364 g/mol. The van der Waals surface area contributed by atoms with Crippen molar-refractivity contribution in [2.24, 2.45) is 0 Å². The predicted octanol–water partition coefficient (Wildman–Crippen LogP) is 4.86. The summed E-state index contributed by atoms with van der Waals surface area (Å²) >= 11 is 8.44. The molecule has 1 heterocycles. The first-order valence-electron chi connectivity index (χ1n) is 5.24. The van der Waals surface area contributed by atoms with Gasteiger partial charge in [0.1, 0.15) is 0 Å². The summed E-state index contributed by atoms with van der Waals surface area (Å²) in [5.41, 5.74) is 2.39. The molecule has 1 nitrogen and oxygen atoms in total. The second-order valence-electron chi connectivity index (χ2n) is 3.98. The van der Waals surface area contributed by atoms with Crippen LogP contribution in [0, 0.1) is 6.92 Å². The molecule has 0 aliphatic heterocycles. The highest BCUT2D eigenvalue weighted by molar-refractivity contribution is 9.13. The van der Waals surface area contributed by atoms with Gasteiger partial charge in [-0.3, -0.25) is 0 Å². The Morgan fingerprint density at radius 2 is 2.06 bits per heavy atom. The molecule has 1 atom stereocenters. The van der Waals surface area contributed by atoms with E-state index in [0.29, 0.717) is 6.42 Å². The molecule has 90 valence electrons. The lowest BCUT2D eigenvalue weighted by molar-refractivity contribution is 0.182. The fourth-order valence-corrected chi connectivity index (χ4v) is 3.77. The molecule has 0 saturated heterocycles. The Labute approximate surface area is 122 Å². The zero-order valence-electron chi connectivity index (χ0n) is 9.28. The number of aliphatic hydroxyl groups excluding tert-OH is 1. The fraction of sp³-hybridized carbons (Fsp3) is 0.231. The molecule has 0 spiro atoms. The first kappa shape index (κ1) is 13.3. The van der Waals surface area contributed by atoms with Crippen LogP contribution in [0.1, 0.15) is 22.1 Å². The van der Waals surface area contributed by atoms with Crippen molar-refractivity contribution in [2.75, 3.05) is 0 Å². The minimum atomic E-state index is -0.440. The summed E-state index contributed by atoms with van der Waals surface area (Å²) in [6.45, 7) is 2.06. The average molecular weight is 376 g/mol. The Bertz CT molecular complexity index is 502. The molecule has 2 rings (SSSR count). The average Bonchev–Trinajstić information content (AvgIpc) is 2.59. The summed E-state index contributed by atoms with van der Waals surface area (Å²) < 4.78 is 2.02. The minimum Gasteiger partial charge on any atom is -0.387 e. The number of aliphatic hydroxyl groups is 1. The van der Waals surface area contributed by atoms with E-state index < -0.39 is 6.10 Å². The Kier molecular flexibility index (Phi) is 4.42. The number of rotatable bonds is 3. The molecule has 1 unspecified atom stereocenters. The molecule has 0 amide bonds. The lowest BCUT2D eigenvalue weighted by atomic mass is 10.0. The van der Waals surface area contributed by atoms with E-state index in [9.17, 15) is 5.11 Å². The SMILES string of the molecule is Cc1cccc(CC(O)c2cc(Br)c(Br)s2)c1. The molecule has 17 heavy (non-hydrogen) atoms. The normalized spacial score (nSPS) is 12.7. The van der Waals surface area contributed by atoms with Crippen molar-refractivity contribution < 1.29 is 5.11 Å². The highest BCUT2D eigenvalue weighted by atomic mass is 79.9. The fourth-order valence-electron chi connectivity index (χ4n) is 1.69. The predicted molar refractivity (Wildman–Crippen MR) is 79.6 cm³/mol. The van der Waals surface area contributed by atoms with Gasteiger partial charge in [-0.25, -0.2) is 0 Å². The maximum absolute atomic E-state index is 10.2. The number of thiophene rings is 1. The van der Waals surface area contributed by atoms with Crippen LogP contribution in [0.25, 0.3) is 0 Å². The third kappa shape index (κ3) is 3.41. The first-order chi connectivity index (χ1) is 8.06. The van der Waals surface area contributed by atoms with E-state index in [4.69, 9.17) is 0 Å². The van der Waals surface area contributed by atoms with Crippen LogP contribution in [0.4, 0.5) is 0 Å². The van der Waals surface area contributed by atoms with Crippen LogP contribution in [-0.4, -0.2) is 5.11 Å². The number of aryl methyl sites for hydroxylation is 1. The van der Waals surface area contributed by atoms with Gasteiger partial charge in [0.05, 0.1) is 9.89 Å². The van der Waals surface area contributed by atoms with Crippen LogP contribution in [0.5, 0.6) is 0 Å². The second kappa shape index (κ2) is 5.65. The molecule has 1 N–H and O–H groups in total. The molecule has 4 heteroatoms. The standard InChI is InChI=1S/C13H12Br2OS/c1-8-3-2-4-9(5-8)6-11(16)12-7-10(14)13(15)17-12/h2-5,7,11,16H,6H2,1H3. The molecule has 0 bridgehead atoms. The molecule has 2 aromatic rings. The molecule has 0 radical (unpaired) electrons. The summed E-state index contributed by atoms with van der Waals surface area (Å²) in [4.78, 5) is 0.977. The monoisotopic (exact) mass is 374 g/mol. The zero-order valence-corrected chi connectivity index (χ0v) is 13.3. The van der Waals surface area contributed by atoms with Gasteiger partial charge in [-0.2, -0.15) is 0 Å². The van der Waals surface area contributed by atoms with Gasteiger partial charge in [-0.15, -0.1) is 11.3 Å². The maximum atomic E-state index is 10.2. The molecular formula is C13H12Br2OS. The van der Waals surface area contributed by atoms with E-state index in [1.807, 2.05) is 18.2 Å². The number of hydrogen-bond donors (Lipinski definition) is 1. The molecule has 0 aliphatic carbocycles. The van der Waals surface area contributed by atoms with E-state index in [1.165, 1.54) is 5.56 Å². The molecule has 1 aromatic heterocycles. The van der Waals surface area contributed by atoms with Crippen molar-refractivity contribution in [2.45, 2.75) is 19.4 Å². The van der Waals surface area contributed by atoms with Crippen LogP contribution in [0.2, 0.25) is 0 Å². The summed E-state index contributed by atoms with van der Waals surface area (Å²) in [6, 6.07) is 10.2. The highest BCUT2D eigenvalue weighted by Crippen LogP contribution is 2.36. The molecule has 0 aliphatic rings. The van der Waals surface area contributed by atoms with Gasteiger partial charge in [0.15, 0.2) is 0 Å². The largest absolute Gasteiger partial charge is 0.387 e. The Morgan fingerprint density at radius 1 is 1.29 bits per heavy atom. The van der Waals surface area contributed by atoms with Gasteiger partial charge in [0, 0.05) is 15.8 Å². The van der Waals surface area contributed by atoms with E-state index in [-0.39, 0.29) is 0 Å². The quantitative estimate of drug-likeness (QED) is 0.812. The van der Waals surface area contributed by atoms with Crippen molar-refractivity contribution >= 4 is 43.2 Å². The third-order valence-electron chi connectivity index (χ3n) is 2.50. The van der Waals surface area contributed by atoms with Crippen molar-refractivity contribution in [3.8, 4) is 0 Å². The maximum Gasteiger partial charge on any atom is 0.0922 e. The van der Waals surface area contributed by atoms with Gasteiger partial charge >= 0.3 is 0 Å². The smallest absolute Gasteiger partial charge is 0.0922 e. The number of benzene rings is 1. The summed E-state index contributed by atoms with van der Waals surface area (Å²) in [6.07, 6.45) is 0.213. The highest BCUT2D eigenvalue weighted by Gasteiger charge is 2.13. The molecule has 0 fully saturated rings. The second-order valence-corrected chi connectivity index (χ2v) is 7.24. The lowest BCUT2D eigenvalue weighted by Crippen LogP contribution is -1.99. The van der Waals surface area contributed by atoms with Crippen LogP contribution in [0.3, 0.4) is 0 Å². The van der Waals surface area contributed by atoms with E-state index in [2.05, 4.69) is 50.9 Å². The Balaban J connectivity index is 2.14. The van der Waals surface area contributed by atoms with Gasteiger partial charge in [-0.05, 0) is 50.4 Å². The van der Waals surface area contributed by atoms with Gasteiger partial charge < -0.3 is 5.11 Å². The van der Waals surface area contributed by atoms with Crippen molar-refractivity contribution in [3.63, 3.8) is 0 Å². The van der Waals surface area contributed by atoms with Crippen molar-refractivity contribution in [1.29, 1.82) is 0 Å². The minimum absolute atomic E-state index is 0.440. The first-order valence-corrected chi connectivity index (χ1v) is 7.65. The van der Waals surface area contributed by atoms with Crippen LogP contribution in [0.15, 0.2) is 38.6 Å². The topological polar surface area (TPSA) is 20.2 Å². The van der Waals surface area contributed by atoms with E-state index in [0.717, 1.165) is 18.7 Å². The summed E-state index contributed by atoms with van der Waals surface area (Å²) in [7, 11) is 0. The van der Waals surface area contributed by atoms with Crippen LogP contribution >= 0.6 is 43.2 Å². The van der Waals surface area contributed by atoms with E-state index >= 15 is 0 Å². The van der Waals surface area contributed by atoms with Gasteiger partial charge in [-0.1, -0.05) is 29.8 Å². The summed E-state index contributed by atoms with van der Waals surface area (Å²) in [5, 5.41) is 10.2. The summed E-state index contributed by atoms with van der Waals surface area (Å²) in [5.74, 6) is 0. The Hall–Kier alpha value is -0.160. The van der Waals surface area contributed by atoms with Crippen LogP contribution < -0.4 is 0 Å². The zero-order chi connectivity index (χ0) is 12.4. The Morgan fingerprint density at radius 3 is 2.65 bits per heavy atom. The number of halogens is 2. The molecule has 0 saturated carbocycles. The van der Waals surface area contributed by atoms with Crippen molar-refractivity contribution in [1.82, 2.24) is 0 Å². The van der Waals surface area contributed by atoms with Gasteiger partial charge in [0.2, 0.25) is 0 Å². The lowest BCUT2D eigenvalue weighted by Gasteiger charge is -2.08. The molecule has 1 aromatic carbocycles. The van der Waals surface area contributed by atoms with E-state index in [1.54, 1.807) is 11.3 Å².